The maximum atomic E-state index is 12.1. The first-order chi connectivity index (χ1) is 10.2. The first kappa shape index (κ1) is 18.1. The van der Waals surface area contributed by atoms with Crippen molar-refractivity contribution in [1.82, 2.24) is 10.6 Å². The Kier molecular flexibility index (Phi) is 7.01. The molecule has 2 aliphatic heterocycles. The van der Waals surface area contributed by atoms with Gasteiger partial charge in [-0.15, -0.1) is 12.4 Å². The molecule has 4 unspecified atom stereocenters. The zero-order chi connectivity index (χ0) is 14.7. The SMILES string of the molecule is CC1CCCC(CCNC(=O)CC2CC3CCC(C2)N3)C1.Cl. The van der Waals surface area contributed by atoms with Crippen LogP contribution in [0.2, 0.25) is 0 Å². The van der Waals surface area contributed by atoms with Gasteiger partial charge >= 0.3 is 0 Å². The second-order valence-corrected chi connectivity index (χ2v) is 7.96. The summed E-state index contributed by atoms with van der Waals surface area (Å²) in [5.74, 6) is 2.66. The molecule has 22 heavy (non-hydrogen) atoms. The van der Waals surface area contributed by atoms with Gasteiger partial charge < -0.3 is 10.6 Å². The number of hydrogen-bond donors (Lipinski definition) is 2. The Morgan fingerprint density at radius 1 is 1.05 bits per heavy atom. The average Bonchev–Trinajstić information content (AvgIpc) is 2.78. The highest BCUT2D eigenvalue weighted by molar-refractivity contribution is 5.85. The molecule has 1 aliphatic carbocycles. The van der Waals surface area contributed by atoms with Crippen molar-refractivity contribution in [1.29, 1.82) is 0 Å². The second-order valence-electron chi connectivity index (χ2n) is 7.96. The van der Waals surface area contributed by atoms with Crippen LogP contribution in [-0.4, -0.2) is 24.5 Å². The Hall–Kier alpha value is -0.280. The first-order valence-corrected chi connectivity index (χ1v) is 9.21. The van der Waals surface area contributed by atoms with Crippen LogP contribution in [0, 0.1) is 17.8 Å². The molecule has 4 heteroatoms. The topological polar surface area (TPSA) is 41.1 Å². The van der Waals surface area contributed by atoms with Gasteiger partial charge in [0.15, 0.2) is 0 Å². The van der Waals surface area contributed by atoms with Crippen molar-refractivity contribution < 1.29 is 4.79 Å². The largest absolute Gasteiger partial charge is 0.356 e. The van der Waals surface area contributed by atoms with E-state index in [1.54, 1.807) is 0 Å². The van der Waals surface area contributed by atoms with Gasteiger partial charge in [-0.25, -0.2) is 0 Å². The van der Waals surface area contributed by atoms with E-state index in [1.807, 2.05) is 0 Å². The molecule has 128 valence electrons. The predicted molar refractivity (Wildman–Crippen MR) is 93.3 cm³/mol. The summed E-state index contributed by atoms with van der Waals surface area (Å²) in [6, 6.07) is 1.40. The fourth-order valence-electron chi connectivity index (χ4n) is 4.91. The van der Waals surface area contributed by atoms with Crippen molar-refractivity contribution in [2.75, 3.05) is 6.54 Å². The fraction of sp³-hybridized carbons (Fsp3) is 0.944. The Balaban J connectivity index is 0.00000176. The van der Waals surface area contributed by atoms with Crippen molar-refractivity contribution in [2.45, 2.75) is 83.2 Å². The van der Waals surface area contributed by atoms with Crippen LogP contribution in [0.25, 0.3) is 0 Å². The zero-order valence-electron chi connectivity index (χ0n) is 14.0. The molecule has 0 radical (unpaired) electrons. The summed E-state index contributed by atoms with van der Waals surface area (Å²) in [5.41, 5.74) is 0. The minimum Gasteiger partial charge on any atom is -0.356 e. The Labute approximate surface area is 141 Å². The van der Waals surface area contributed by atoms with Gasteiger partial charge in [-0.3, -0.25) is 4.79 Å². The number of rotatable bonds is 5. The summed E-state index contributed by atoms with van der Waals surface area (Å²) < 4.78 is 0. The molecular formula is C18H33ClN2O. The average molecular weight is 329 g/mol. The van der Waals surface area contributed by atoms with E-state index in [0.29, 0.717) is 23.9 Å². The maximum Gasteiger partial charge on any atom is 0.220 e. The van der Waals surface area contributed by atoms with Gasteiger partial charge in [-0.05, 0) is 56.3 Å². The number of piperidine rings is 1. The number of hydrogen-bond acceptors (Lipinski definition) is 2. The van der Waals surface area contributed by atoms with Crippen molar-refractivity contribution in [3.05, 3.63) is 0 Å². The van der Waals surface area contributed by atoms with E-state index >= 15 is 0 Å². The maximum absolute atomic E-state index is 12.1. The first-order valence-electron chi connectivity index (χ1n) is 9.21. The van der Waals surface area contributed by atoms with Crippen LogP contribution in [-0.2, 0) is 4.79 Å². The Morgan fingerprint density at radius 2 is 1.77 bits per heavy atom. The molecule has 2 saturated heterocycles. The molecule has 3 nitrogen and oxygen atoms in total. The lowest BCUT2D eigenvalue weighted by Crippen LogP contribution is -2.39. The highest BCUT2D eigenvalue weighted by Gasteiger charge is 2.34. The number of fused-ring (bicyclic) bond motifs is 2. The summed E-state index contributed by atoms with van der Waals surface area (Å²) in [6.07, 6.45) is 12.5. The third-order valence-electron chi connectivity index (χ3n) is 5.96. The minimum atomic E-state index is 0. The normalized spacial score (nSPS) is 37.4. The molecule has 1 saturated carbocycles. The van der Waals surface area contributed by atoms with Gasteiger partial charge in [0.1, 0.15) is 0 Å². The molecule has 1 amide bonds. The van der Waals surface area contributed by atoms with Crippen LogP contribution in [0.1, 0.15) is 71.1 Å². The molecule has 4 atom stereocenters. The molecule has 0 aromatic rings. The van der Waals surface area contributed by atoms with Crippen LogP contribution >= 0.6 is 12.4 Å². The van der Waals surface area contributed by atoms with E-state index in [2.05, 4.69) is 17.6 Å². The van der Waals surface area contributed by atoms with Gasteiger partial charge in [0.25, 0.3) is 0 Å². The Morgan fingerprint density at radius 3 is 2.45 bits per heavy atom. The fourth-order valence-corrected chi connectivity index (χ4v) is 4.91. The van der Waals surface area contributed by atoms with Crippen molar-refractivity contribution in [2.24, 2.45) is 17.8 Å². The minimum absolute atomic E-state index is 0. The van der Waals surface area contributed by atoms with E-state index < -0.39 is 0 Å². The smallest absolute Gasteiger partial charge is 0.220 e. The number of halogens is 1. The standard InChI is InChI=1S/C18H32N2O.ClH/c1-13-3-2-4-14(9-13)7-8-19-18(21)12-15-10-16-5-6-17(11-15)20-16;/h13-17,20H,2-12H2,1H3,(H,19,21);1H. The van der Waals surface area contributed by atoms with Gasteiger partial charge in [0.05, 0.1) is 0 Å². The van der Waals surface area contributed by atoms with Crippen LogP contribution < -0.4 is 10.6 Å². The predicted octanol–water partition coefficient (Wildman–Crippen LogP) is 3.66. The summed E-state index contributed by atoms with van der Waals surface area (Å²) >= 11 is 0. The van der Waals surface area contributed by atoms with Gasteiger partial charge in [0, 0.05) is 25.0 Å². The van der Waals surface area contributed by atoms with Crippen molar-refractivity contribution in [3.63, 3.8) is 0 Å². The number of amides is 1. The van der Waals surface area contributed by atoms with Gasteiger partial charge in [0.2, 0.25) is 5.91 Å². The highest BCUT2D eigenvalue weighted by Crippen LogP contribution is 2.33. The van der Waals surface area contributed by atoms with Gasteiger partial charge in [-0.1, -0.05) is 26.2 Å². The summed E-state index contributed by atoms with van der Waals surface area (Å²) in [6.45, 7) is 3.27. The third kappa shape index (κ3) is 5.13. The van der Waals surface area contributed by atoms with Crippen molar-refractivity contribution >= 4 is 18.3 Å². The van der Waals surface area contributed by atoms with E-state index in [0.717, 1.165) is 24.8 Å². The molecule has 2 bridgehead atoms. The van der Waals surface area contributed by atoms with E-state index in [-0.39, 0.29) is 12.4 Å². The number of nitrogens with one attached hydrogen (secondary N) is 2. The lowest BCUT2D eigenvalue weighted by Gasteiger charge is -2.29. The molecule has 0 spiro atoms. The molecular weight excluding hydrogens is 296 g/mol. The van der Waals surface area contributed by atoms with Crippen molar-refractivity contribution in [3.8, 4) is 0 Å². The molecule has 0 aromatic heterocycles. The molecule has 3 aliphatic rings. The van der Waals surface area contributed by atoms with Crippen LogP contribution in [0.4, 0.5) is 0 Å². The third-order valence-corrected chi connectivity index (χ3v) is 5.96. The molecule has 2 heterocycles. The molecule has 3 fully saturated rings. The number of carbonyl (C=O) groups excluding carboxylic acids is 1. The molecule has 3 rings (SSSR count). The van der Waals surface area contributed by atoms with Crippen LogP contribution in [0.5, 0.6) is 0 Å². The second kappa shape index (κ2) is 8.54. The summed E-state index contributed by atoms with van der Waals surface area (Å²) in [5, 5.41) is 6.83. The summed E-state index contributed by atoms with van der Waals surface area (Å²) in [4.78, 5) is 12.1. The quantitative estimate of drug-likeness (QED) is 0.808. The monoisotopic (exact) mass is 328 g/mol. The lowest BCUT2D eigenvalue weighted by molar-refractivity contribution is -0.122. The lowest BCUT2D eigenvalue weighted by atomic mass is 9.81. The highest BCUT2D eigenvalue weighted by atomic mass is 35.5. The van der Waals surface area contributed by atoms with Crippen LogP contribution in [0.3, 0.4) is 0 Å². The van der Waals surface area contributed by atoms with E-state index in [1.165, 1.54) is 57.8 Å². The Bertz CT molecular complexity index is 351. The zero-order valence-corrected chi connectivity index (χ0v) is 14.8. The van der Waals surface area contributed by atoms with Gasteiger partial charge in [-0.2, -0.15) is 0 Å². The van der Waals surface area contributed by atoms with E-state index in [4.69, 9.17) is 0 Å². The molecule has 2 N–H and O–H groups in total. The summed E-state index contributed by atoms with van der Waals surface area (Å²) in [7, 11) is 0. The van der Waals surface area contributed by atoms with E-state index in [9.17, 15) is 4.79 Å². The number of carbonyl (C=O) groups is 1. The van der Waals surface area contributed by atoms with Crippen LogP contribution in [0.15, 0.2) is 0 Å². The molecule has 0 aromatic carbocycles.